The number of ether oxygens (including phenoxy) is 2. The lowest BCUT2D eigenvalue weighted by Crippen LogP contribution is -2.28. The standard InChI is InChI=1S/C21H17BrO3/c1-3-21(16-7-5-4-6-8-16)18(19(22)20(23)25-21)14-11-15-9-12-17(24-2)13-10-15/h4-10,12-13H,3H2,1-2H3. The van der Waals surface area contributed by atoms with Gasteiger partial charge >= 0.3 is 5.97 Å². The smallest absolute Gasteiger partial charge is 0.347 e. The molecule has 0 bridgehead atoms. The first-order chi connectivity index (χ1) is 12.1. The van der Waals surface area contributed by atoms with E-state index in [4.69, 9.17) is 9.47 Å². The first-order valence-corrected chi connectivity index (χ1v) is 8.75. The summed E-state index contributed by atoms with van der Waals surface area (Å²) in [6, 6.07) is 17.2. The molecule has 0 fully saturated rings. The fourth-order valence-electron chi connectivity index (χ4n) is 2.86. The summed E-state index contributed by atoms with van der Waals surface area (Å²) in [5, 5.41) is 0. The maximum absolute atomic E-state index is 12.2. The zero-order chi connectivity index (χ0) is 17.9. The molecule has 1 aliphatic rings. The first kappa shape index (κ1) is 17.3. The fourth-order valence-corrected chi connectivity index (χ4v) is 3.36. The molecular formula is C21H17BrO3. The molecule has 1 unspecified atom stereocenters. The summed E-state index contributed by atoms with van der Waals surface area (Å²) in [7, 11) is 1.62. The minimum Gasteiger partial charge on any atom is -0.497 e. The van der Waals surface area contributed by atoms with Crippen LogP contribution in [0.15, 0.2) is 64.7 Å². The summed E-state index contributed by atoms with van der Waals surface area (Å²) in [6.07, 6.45) is 0.602. The highest BCUT2D eigenvalue weighted by Gasteiger charge is 2.46. The number of methoxy groups -OCH3 is 1. The molecule has 1 heterocycles. The van der Waals surface area contributed by atoms with Crippen molar-refractivity contribution in [2.45, 2.75) is 18.9 Å². The van der Waals surface area contributed by atoms with Crippen molar-refractivity contribution in [3.63, 3.8) is 0 Å². The van der Waals surface area contributed by atoms with Crippen LogP contribution in [-0.4, -0.2) is 13.1 Å². The molecule has 0 amide bonds. The molecule has 0 N–H and O–H groups in total. The Labute approximate surface area is 155 Å². The Hall–Kier alpha value is -2.51. The van der Waals surface area contributed by atoms with Gasteiger partial charge < -0.3 is 9.47 Å². The Morgan fingerprint density at radius 2 is 1.76 bits per heavy atom. The molecular weight excluding hydrogens is 380 g/mol. The van der Waals surface area contributed by atoms with Crippen molar-refractivity contribution in [2.75, 3.05) is 7.11 Å². The molecule has 25 heavy (non-hydrogen) atoms. The van der Waals surface area contributed by atoms with Crippen LogP contribution in [0.4, 0.5) is 0 Å². The van der Waals surface area contributed by atoms with E-state index >= 15 is 0 Å². The Kier molecular flexibility index (Phi) is 4.96. The highest BCUT2D eigenvalue weighted by atomic mass is 79.9. The third kappa shape index (κ3) is 3.20. The lowest BCUT2D eigenvalue weighted by molar-refractivity contribution is -0.147. The van der Waals surface area contributed by atoms with E-state index in [0.717, 1.165) is 16.9 Å². The highest BCUT2D eigenvalue weighted by Crippen LogP contribution is 2.45. The van der Waals surface area contributed by atoms with E-state index in [2.05, 4.69) is 27.8 Å². The Bertz CT molecular complexity index is 873. The van der Waals surface area contributed by atoms with Gasteiger partial charge in [-0.15, -0.1) is 0 Å². The summed E-state index contributed by atoms with van der Waals surface area (Å²) >= 11 is 3.36. The van der Waals surface area contributed by atoms with Crippen molar-refractivity contribution in [3.8, 4) is 17.6 Å². The molecule has 4 heteroatoms. The molecule has 2 aromatic carbocycles. The van der Waals surface area contributed by atoms with E-state index in [9.17, 15) is 4.79 Å². The van der Waals surface area contributed by atoms with Crippen LogP contribution in [0.3, 0.4) is 0 Å². The Morgan fingerprint density at radius 3 is 2.36 bits per heavy atom. The number of esters is 1. The number of hydrogen-bond donors (Lipinski definition) is 0. The van der Waals surface area contributed by atoms with E-state index < -0.39 is 5.60 Å². The Morgan fingerprint density at radius 1 is 1.08 bits per heavy atom. The number of cyclic esters (lactones) is 1. The number of carbonyl (C=O) groups is 1. The SMILES string of the molecule is CCC1(c2ccccc2)OC(=O)C(Br)=C1C#Cc1ccc(OC)cc1. The molecule has 1 atom stereocenters. The largest absolute Gasteiger partial charge is 0.497 e. The lowest BCUT2D eigenvalue weighted by Gasteiger charge is -2.28. The minimum absolute atomic E-state index is 0.385. The van der Waals surface area contributed by atoms with Gasteiger partial charge in [-0.25, -0.2) is 4.79 Å². The van der Waals surface area contributed by atoms with Crippen LogP contribution < -0.4 is 4.74 Å². The van der Waals surface area contributed by atoms with Gasteiger partial charge in [0, 0.05) is 11.1 Å². The third-order valence-corrected chi connectivity index (χ3v) is 4.95. The molecule has 2 aromatic rings. The monoisotopic (exact) mass is 396 g/mol. The highest BCUT2D eigenvalue weighted by molar-refractivity contribution is 9.12. The van der Waals surface area contributed by atoms with Gasteiger partial charge in [-0.2, -0.15) is 0 Å². The zero-order valence-electron chi connectivity index (χ0n) is 14.0. The van der Waals surface area contributed by atoms with Crippen LogP contribution in [0.5, 0.6) is 5.75 Å². The molecule has 0 aromatic heterocycles. The molecule has 0 aliphatic carbocycles. The topological polar surface area (TPSA) is 35.5 Å². The summed E-state index contributed by atoms with van der Waals surface area (Å²) in [4.78, 5) is 12.2. The maximum Gasteiger partial charge on any atom is 0.347 e. The van der Waals surface area contributed by atoms with E-state index in [0.29, 0.717) is 16.5 Å². The average Bonchev–Trinajstić information content (AvgIpc) is 2.92. The first-order valence-electron chi connectivity index (χ1n) is 7.96. The van der Waals surface area contributed by atoms with Crippen molar-refractivity contribution < 1.29 is 14.3 Å². The number of carbonyl (C=O) groups excluding carboxylic acids is 1. The number of halogens is 1. The van der Waals surface area contributed by atoms with Crippen LogP contribution in [0.2, 0.25) is 0 Å². The number of benzene rings is 2. The van der Waals surface area contributed by atoms with Gasteiger partial charge in [0.15, 0.2) is 5.60 Å². The van der Waals surface area contributed by atoms with Gasteiger partial charge in [0.1, 0.15) is 10.2 Å². The second-order valence-corrected chi connectivity index (χ2v) is 6.40. The van der Waals surface area contributed by atoms with Crippen molar-refractivity contribution in [1.29, 1.82) is 0 Å². The fraction of sp³-hybridized carbons (Fsp3) is 0.190. The molecule has 0 saturated carbocycles. The molecule has 0 saturated heterocycles. The number of rotatable bonds is 3. The van der Waals surface area contributed by atoms with Crippen molar-refractivity contribution in [3.05, 3.63) is 75.8 Å². The average molecular weight is 397 g/mol. The van der Waals surface area contributed by atoms with Gasteiger partial charge in [-0.3, -0.25) is 0 Å². The third-order valence-electron chi connectivity index (χ3n) is 4.23. The predicted octanol–water partition coefficient (Wildman–Crippen LogP) is 4.56. The van der Waals surface area contributed by atoms with Gasteiger partial charge in [-0.05, 0) is 46.6 Å². The second kappa shape index (κ2) is 7.16. The normalized spacial score (nSPS) is 19.2. The molecule has 126 valence electrons. The predicted molar refractivity (Wildman–Crippen MR) is 100 cm³/mol. The van der Waals surface area contributed by atoms with Crippen molar-refractivity contribution >= 4 is 21.9 Å². The summed E-state index contributed by atoms with van der Waals surface area (Å²) < 4.78 is 11.3. The zero-order valence-corrected chi connectivity index (χ0v) is 15.6. The van der Waals surface area contributed by atoms with E-state index in [1.54, 1.807) is 7.11 Å². The maximum atomic E-state index is 12.2. The van der Waals surface area contributed by atoms with E-state index in [1.165, 1.54) is 0 Å². The van der Waals surface area contributed by atoms with Crippen molar-refractivity contribution in [2.24, 2.45) is 0 Å². The van der Waals surface area contributed by atoms with Crippen molar-refractivity contribution in [1.82, 2.24) is 0 Å². The summed E-state index contributed by atoms with van der Waals surface area (Å²) in [5.74, 6) is 6.67. The Balaban J connectivity index is 2.05. The van der Waals surface area contributed by atoms with E-state index in [-0.39, 0.29) is 5.97 Å². The van der Waals surface area contributed by atoms with Crippen LogP contribution in [0.25, 0.3) is 0 Å². The summed E-state index contributed by atoms with van der Waals surface area (Å²) in [6.45, 7) is 1.99. The summed E-state index contributed by atoms with van der Waals surface area (Å²) in [5.41, 5.74) is 1.56. The molecule has 3 nitrogen and oxygen atoms in total. The van der Waals surface area contributed by atoms with Gasteiger partial charge in [0.25, 0.3) is 0 Å². The van der Waals surface area contributed by atoms with Crippen LogP contribution in [0.1, 0.15) is 24.5 Å². The van der Waals surface area contributed by atoms with Crippen LogP contribution >= 0.6 is 15.9 Å². The second-order valence-electron chi connectivity index (χ2n) is 5.60. The van der Waals surface area contributed by atoms with Gasteiger partial charge in [-0.1, -0.05) is 49.1 Å². The van der Waals surface area contributed by atoms with Crippen LogP contribution in [-0.2, 0) is 15.1 Å². The quantitative estimate of drug-likeness (QED) is 0.563. The lowest BCUT2D eigenvalue weighted by atomic mass is 9.84. The van der Waals surface area contributed by atoms with E-state index in [1.807, 2.05) is 61.5 Å². The molecule has 1 aliphatic heterocycles. The molecule has 0 radical (unpaired) electrons. The molecule has 3 rings (SSSR count). The van der Waals surface area contributed by atoms with Gasteiger partial charge in [0.05, 0.1) is 12.7 Å². The van der Waals surface area contributed by atoms with Gasteiger partial charge in [0.2, 0.25) is 0 Å². The van der Waals surface area contributed by atoms with Crippen LogP contribution in [0, 0.1) is 11.8 Å². The molecule has 0 spiro atoms. The number of hydrogen-bond acceptors (Lipinski definition) is 3. The minimum atomic E-state index is -0.851.